The van der Waals surface area contributed by atoms with Gasteiger partial charge in [-0.05, 0) is 25.7 Å². The molecule has 0 N–H and O–H groups in total. The number of hydrogen-bond donors (Lipinski definition) is 0. The van der Waals surface area contributed by atoms with Crippen LogP contribution in [0.25, 0.3) is 0 Å². The Balaban J connectivity index is 3.39. The van der Waals surface area contributed by atoms with E-state index < -0.39 is 0 Å². The van der Waals surface area contributed by atoms with Crippen molar-refractivity contribution in [3.63, 3.8) is 0 Å². The van der Waals surface area contributed by atoms with Gasteiger partial charge in [-0.15, -0.1) is 0 Å². The molecule has 16 heavy (non-hydrogen) atoms. The van der Waals surface area contributed by atoms with Crippen LogP contribution in [0.2, 0.25) is 0 Å². The maximum absolute atomic E-state index is 11.0. The summed E-state index contributed by atoms with van der Waals surface area (Å²) in [6.07, 6.45) is 14.7. The molecule has 0 fully saturated rings. The van der Waals surface area contributed by atoms with Gasteiger partial charge in [0.1, 0.15) is 6.61 Å². The number of ether oxygens (including phenoxy) is 1. The fourth-order valence-corrected chi connectivity index (χ4v) is 1.12. The smallest absolute Gasteiger partial charge is 0.330 e. The largest absolute Gasteiger partial charge is 0.458 e. The lowest BCUT2D eigenvalue weighted by Crippen LogP contribution is -1.99. The number of carbonyl (C=O) groups excluding carboxylic acids is 1. The first-order valence-electron chi connectivity index (χ1n) is 5.90. The summed E-state index contributed by atoms with van der Waals surface area (Å²) in [5.41, 5.74) is 0. The summed E-state index contributed by atoms with van der Waals surface area (Å²) in [6.45, 7) is 5.92. The molecule has 0 amide bonds. The fraction of sp³-hybridized carbons (Fsp3) is 0.500. The van der Waals surface area contributed by atoms with Crippen molar-refractivity contribution in [2.45, 2.75) is 39.0 Å². The molecule has 0 heterocycles. The van der Waals surface area contributed by atoms with E-state index >= 15 is 0 Å². The van der Waals surface area contributed by atoms with Gasteiger partial charge in [0, 0.05) is 6.08 Å². The van der Waals surface area contributed by atoms with Crippen molar-refractivity contribution >= 4 is 5.97 Å². The lowest BCUT2D eigenvalue weighted by molar-refractivity contribution is -0.136. The molecule has 0 aliphatic carbocycles. The van der Waals surface area contributed by atoms with E-state index in [1.54, 1.807) is 6.08 Å². The van der Waals surface area contributed by atoms with Gasteiger partial charge < -0.3 is 4.74 Å². The zero-order valence-electron chi connectivity index (χ0n) is 10.2. The highest BCUT2D eigenvalue weighted by Crippen LogP contribution is 2.00. The van der Waals surface area contributed by atoms with Crippen LogP contribution in [-0.4, -0.2) is 12.6 Å². The third kappa shape index (κ3) is 10.8. The second-order valence-electron chi connectivity index (χ2n) is 3.51. The number of hydrogen-bond acceptors (Lipinski definition) is 2. The van der Waals surface area contributed by atoms with Crippen LogP contribution < -0.4 is 0 Å². The molecule has 0 aromatic heterocycles. The average Bonchev–Trinajstić information content (AvgIpc) is 2.30. The number of carbonyl (C=O) groups is 1. The number of rotatable bonds is 9. The quantitative estimate of drug-likeness (QED) is 0.257. The summed E-state index contributed by atoms with van der Waals surface area (Å²) in [4.78, 5) is 11.0. The van der Waals surface area contributed by atoms with Gasteiger partial charge in [0.05, 0.1) is 0 Å². The summed E-state index contributed by atoms with van der Waals surface area (Å²) < 4.78 is 4.79. The molecule has 0 rings (SSSR count). The van der Waals surface area contributed by atoms with E-state index in [2.05, 4.69) is 25.7 Å². The second kappa shape index (κ2) is 11.8. The van der Waals surface area contributed by atoms with Crippen molar-refractivity contribution in [3.8, 4) is 0 Å². The van der Waals surface area contributed by atoms with Crippen LogP contribution in [0.15, 0.2) is 37.0 Å². The summed E-state index contributed by atoms with van der Waals surface area (Å²) in [6, 6.07) is 0. The monoisotopic (exact) mass is 222 g/mol. The van der Waals surface area contributed by atoms with Gasteiger partial charge in [0.2, 0.25) is 0 Å². The van der Waals surface area contributed by atoms with Crippen molar-refractivity contribution in [3.05, 3.63) is 37.0 Å². The second-order valence-corrected chi connectivity index (χ2v) is 3.51. The molecule has 0 spiro atoms. The lowest BCUT2D eigenvalue weighted by atomic mass is 10.2. The summed E-state index contributed by atoms with van der Waals surface area (Å²) in [5.74, 6) is -0.290. The van der Waals surface area contributed by atoms with E-state index in [9.17, 15) is 4.79 Å². The van der Waals surface area contributed by atoms with Gasteiger partial charge in [-0.1, -0.05) is 44.2 Å². The zero-order valence-corrected chi connectivity index (χ0v) is 10.2. The molecule has 0 atom stereocenters. The normalized spacial score (nSPS) is 11.1. The van der Waals surface area contributed by atoms with Gasteiger partial charge in [0.15, 0.2) is 0 Å². The fourth-order valence-electron chi connectivity index (χ4n) is 1.12. The van der Waals surface area contributed by atoms with Crippen LogP contribution in [0.4, 0.5) is 0 Å². The minimum Gasteiger partial charge on any atom is -0.458 e. The molecule has 0 aliphatic rings. The Morgan fingerprint density at radius 1 is 1.19 bits per heavy atom. The van der Waals surface area contributed by atoms with Crippen LogP contribution in [0.1, 0.15) is 39.0 Å². The first kappa shape index (κ1) is 14.7. The third-order valence-electron chi connectivity index (χ3n) is 1.96. The maximum atomic E-state index is 11.0. The maximum Gasteiger partial charge on any atom is 0.330 e. The standard InChI is InChI=1S/C14H22O2/c1-3-5-6-7-8-9-10-11-12-14(15)16-13-4-2/h4,6-7,11-12H,2-3,5,8-10,13H2,1H3/b7-6+,12-11+. The molecule has 0 aliphatic heterocycles. The van der Waals surface area contributed by atoms with Crippen molar-refractivity contribution in [2.75, 3.05) is 6.61 Å². The van der Waals surface area contributed by atoms with Crippen LogP contribution in [0, 0.1) is 0 Å². The van der Waals surface area contributed by atoms with E-state index in [-0.39, 0.29) is 12.6 Å². The van der Waals surface area contributed by atoms with Crippen LogP contribution in [-0.2, 0) is 9.53 Å². The third-order valence-corrected chi connectivity index (χ3v) is 1.96. The highest BCUT2D eigenvalue weighted by atomic mass is 16.5. The Morgan fingerprint density at radius 2 is 1.88 bits per heavy atom. The van der Waals surface area contributed by atoms with Crippen LogP contribution in [0.5, 0.6) is 0 Å². The topological polar surface area (TPSA) is 26.3 Å². The van der Waals surface area contributed by atoms with Crippen molar-refractivity contribution in [1.29, 1.82) is 0 Å². The Kier molecular flexibility index (Phi) is 10.8. The van der Waals surface area contributed by atoms with Crippen LogP contribution >= 0.6 is 0 Å². The molecule has 2 nitrogen and oxygen atoms in total. The van der Waals surface area contributed by atoms with Gasteiger partial charge in [0.25, 0.3) is 0 Å². The van der Waals surface area contributed by atoms with Gasteiger partial charge in [-0.25, -0.2) is 4.79 Å². The Bertz CT molecular complexity index is 239. The Labute approximate surface area is 98.7 Å². The molecule has 0 saturated carbocycles. The summed E-state index contributed by atoms with van der Waals surface area (Å²) >= 11 is 0. The molecule has 0 aromatic carbocycles. The average molecular weight is 222 g/mol. The molecule has 0 saturated heterocycles. The molecule has 2 heteroatoms. The van der Waals surface area contributed by atoms with Crippen molar-refractivity contribution in [1.82, 2.24) is 0 Å². The molecular formula is C14H22O2. The Hall–Kier alpha value is -1.31. The predicted molar refractivity (Wildman–Crippen MR) is 68.2 cm³/mol. The molecule has 90 valence electrons. The van der Waals surface area contributed by atoms with Gasteiger partial charge in [-0.3, -0.25) is 0 Å². The number of allylic oxidation sites excluding steroid dienone is 3. The molecule has 0 bridgehead atoms. The van der Waals surface area contributed by atoms with E-state index in [1.165, 1.54) is 12.5 Å². The highest BCUT2D eigenvalue weighted by molar-refractivity contribution is 5.81. The van der Waals surface area contributed by atoms with E-state index in [0.29, 0.717) is 0 Å². The minimum absolute atomic E-state index is 0.281. The van der Waals surface area contributed by atoms with Gasteiger partial charge in [-0.2, -0.15) is 0 Å². The first-order valence-corrected chi connectivity index (χ1v) is 5.90. The van der Waals surface area contributed by atoms with E-state index in [1.807, 2.05) is 6.08 Å². The predicted octanol–water partition coefficient (Wildman–Crippen LogP) is 3.80. The Morgan fingerprint density at radius 3 is 2.56 bits per heavy atom. The van der Waals surface area contributed by atoms with E-state index in [0.717, 1.165) is 25.7 Å². The zero-order chi connectivity index (χ0) is 12.1. The van der Waals surface area contributed by atoms with E-state index in [4.69, 9.17) is 4.74 Å². The highest BCUT2D eigenvalue weighted by Gasteiger charge is 1.92. The summed E-state index contributed by atoms with van der Waals surface area (Å²) in [7, 11) is 0. The first-order chi connectivity index (χ1) is 7.81. The molecular weight excluding hydrogens is 200 g/mol. The molecule has 0 unspecified atom stereocenters. The number of unbranched alkanes of at least 4 members (excludes halogenated alkanes) is 3. The van der Waals surface area contributed by atoms with Crippen LogP contribution in [0.3, 0.4) is 0 Å². The van der Waals surface area contributed by atoms with Crippen molar-refractivity contribution < 1.29 is 9.53 Å². The van der Waals surface area contributed by atoms with Crippen molar-refractivity contribution in [2.24, 2.45) is 0 Å². The van der Waals surface area contributed by atoms with Gasteiger partial charge >= 0.3 is 5.97 Å². The molecule has 0 aromatic rings. The SMILES string of the molecule is C=CCOC(=O)/C=C/CCC/C=C/CCC. The number of esters is 1. The summed E-state index contributed by atoms with van der Waals surface area (Å²) in [5, 5.41) is 0. The molecule has 0 radical (unpaired) electrons. The minimum atomic E-state index is -0.290. The lowest BCUT2D eigenvalue weighted by Gasteiger charge is -1.95.